The van der Waals surface area contributed by atoms with Gasteiger partial charge in [-0.2, -0.15) is 0 Å². The molecule has 1 N–H and O–H groups in total. The Labute approximate surface area is 126 Å². The molecule has 104 valence electrons. The first-order valence-corrected chi connectivity index (χ1v) is 7.39. The van der Waals surface area contributed by atoms with Crippen molar-refractivity contribution in [3.8, 4) is 10.6 Å². The number of hydrogen-bond acceptors (Lipinski definition) is 4. The third-order valence-electron chi connectivity index (χ3n) is 2.96. The quantitative estimate of drug-likeness (QED) is 0.804. The van der Waals surface area contributed by atoms with Crippen LogP contribution in [0.3, 0.4) is 0 Å². The molecule has 0 aliphatic carbocycles. The molecule has 0 saturated heterocycles. The van der Waals surface area contributed by atoms with Crippen molar-refractivity contribution in [1.82, 2.24) is 15.3 Å². The minimum atomic E-state index is -0.112. The molecule has 0 fully saturated rings. The van der Waals surface area contributed by atoms with Gasteiger partial charge in [-0.3, -0.25) is 9.78 Å². The number of carbonyl (C=O) groups is 1. The van der Waals surface area contributed by atoms with Gasteiger partial charge in [0.05, 0.1) is 12.2 Å². The van der Waals surface area contributed by atoms with Crippen molar-refractivity contribution in [1.29, 1.82) is 0 Å². The predicted octanol–water partition coefficient (Wildman–Crippen LogP) is 3.14. The number of hydrogen-bond donors (Lipinski definition) is 1. The zero-order chi connectivity index (χ0) is 14.5. The third kappa shape index (κ3) is 3.32. The topological polar surface area (TPSA) is 54.9 Å². The van der Waals surface area contributed by atoms with Crippen molar-refractivity contribution in [2.24, 2.45) is 0 Å². The van der Waals surface area contributed by atoms with E-state index in [1.54, 1.807) is 29.8 Å². The van der Waals surface area contributed by atoms with E-state index in [1.165, 1.54) is 0 Å². The van der Waals surface area contributed by atoms with Gasteiger partial charge in [-0.05, 0) is 24.3 Å². The summed E-state index contributed by atoms with van der Waals surface area (Å²) in [7, 11) is 0. The number of carbonyl (C=O) groups excluding carboxylic acids is 1. The molecule has 1 aromatic carbocycles. The summed E-state index contributed by atoms with van der Waals surface area (Å²) in [6.45, 7) is 0.418. The fraction of sp³-hybridized carbons (Fsp3) is 0.0625. The van der Waals surface area contributed by atoms with E-state index in [1.807, 2.05) is 41.8 Å². The number of amides is 1. The van der Waals surface area contributed by atoms with Crippen molar-refractivity contribution >= 4 is 17.2 Å². The molecule has 0 bridgehead atoms. The highest BCUT2D eigenvalue weighted by Gasteiger charge is 2.08. The molecule has 0 atom stereocenters. The van der Waals surface area contributed by atoms with Gasteiger partial charge < -0.3 is 5.32 Å². The highest BCUT2D eigenvalue weighted by molar-refractivity contribution is 7.13. The van der Waals surface area contributed by atoms with Crippen LogP contribution >= 0.6 is 11.3 Å². The van der Waals surface area contributed by atoms with Crippen LogP contribution in [0.15, 0.2) is 60.2 Å². The Kier molecular flexibility index (Phi) is 4.02. The van der Waals surface area contributed by atoms with Crippen molar-refractivity contribution < 1.29 is 4.79 Å². The molecule has 5 heteroatoms. The molecule has 1 amide bonds. The van der Waals surface area contributed by atoms with Crippen LogP contribution in [0.5, 0.6) is 0 Å². The van der Waals surface area contributed by atoms with E-state index in [0.29, 0.717) is 12.1 Å². The molecule has 0 aliphatic rings. The van der Waals surface area contributed by atoms with Crippen LogP contribution in [-0.2, 0) is 6.54 Å². The van der Waals surface area contributed by atoms with Gasteiger partial charge in [-0.1, -0.05) is 18.2 Å². The van der Waals surface area contributed by atoms with Crippen molar-refractivity contribution in [3.05, 3.63) is 71.5 Å². The van der Waals surface area contributed by atoms with Crippen LogP contribution in [-0.4, -0.2) is 15.9 Å². The number of pyridine rings is 1. The fourth-order valence-corrected chi connectivity index (χ4v) is 2.57. The molecule has 0 saturated carbocycles. The standard InChI is InChI=1S/C16H13N3OS/c20-15(19-11-14-6-1-2-7-17-14)12-4-3-5-13(10-12)16-18-8-9-21-16/h1-10H,11H2,(H,19,20). The van der Waals surface area contributed by atoms with Gasteiger partial charge in [-0.25, -0.2) is 4.98 Å². The first-order chi connectivity index (χ1) is 10.3. The van der Waals surface area contributed by atoms with Crippen LogP contribution in [0.4, 0.5) is 0 Å². The molecular formula is C16H13N3OS. The van der Waals surface area contributed by atoms with Crippen molar-refractivity contribution in [3.63, 3.8) is 0 Å². The lowest BCUT2D eigenvalue weighted by Crippen LogP contribution is -2.23. The summed E-state index contributed by atoms with van der Waals surface area (Å²) in [6, 6.07) is 13.1. The van der Waals surface area contributed by atoms with Crippen molar-refractivity contribution in [2.75, 3.05) is 0 Å². The average molecular weight is 295 g/mol. The van der Waals surface area contributed by atoms with E-state index in [2.05, 4.69) is 15.3 Å². The number of thiazole rings is 1. The van der Waals surface area contributed by atoms with Gasteiger partial charge in [0, 0.05) is 28.9 Å². The van der Waals surface area contributed by atoms with E-state index in [0.717, 1.165) is 16.3 Å². The van der Waals surface area contributed by atoms with Crippen LogP contribution in [0.2, 0.25) is 0 Å². The summed E-state index contributed by atoms with van der Waals surface area (Å²) in [4.78, 5) is 20.6. The molecule has 0 aliphatic heterocycles. The molecular weight excluding hydrogens is 282 g/mol. The molecule has 2 heterocycles. The van der Waals surface area contributed by atoms with Gasteiger partial charge in [0.1, 0.15) is 5.01 Å². The Hall–Kier alpha value is -2.53. The van der Waals surface area contributed by atoms with Crippen LogP contribution in [0.1, 0.15) is 16.1 Å². The Morgan fingerprint density at radius 1 is 1.10 bits per heavy atom. The summed E-state index contributed by atoms with van der Waals surface area (Å²) >= 11 is 1.55. The number of aromatic nitrogens is 2. The van der Waals surface area contributed by atoms with Gasteiger partial charge in [0.2, 0.25) is 0 Å². The summed E-state index contributed by atoms with van der Waals surface area (Å²) < 4.78 is 0. The molecule has 21 heavy (non-hydrogen) atoms. The maximum atomic E-state index is 12.2. The monoisotopic (exact) mass is 295 g/mol. The van der Waals surface area contributed by atoms with Crippen molar-refractivity contribution in [2.45, 2.75) is 6.54 Å². The molecule has 0 radical (unpaired) electrons. The number of rotatable bonds is 4. The normalized spacial score (nSPS) is 10.3. The zero-order valence-electron chi connectivity index (χ0n) is 11.2. The minimum Gasteiger partial charge on any atom is -0.346 e. The molecule has 3 rings (SSSR count). The third-order valence-corrected chi connectivity index (χ3v) is 3.78. The SMILES string of the molecule is O=C(NCc1ccccn1)c1cccc(-c2nccs2)c1. The lowest BCUT2D eigenvalue weighted by atomic mass is 10.1. The van der Waals surface area contributed by atoms with E-state index < -0.39 is 0 Å². The maximum Gasteiger partial charge on any atom is 0.251 e. The minimum absolute atomic E-state index is 0.112. The molecule has 0 spiro atoms. The van der Waals surface area contributed by atoms with Gasteiger partial charge in [0.15, 0.2) is 0 Å². The van der Waals surface area contributed by atoms with Crippen LogP contribution in [0, 0.1) is 0 Å². The second kappa shape index (κ2) is 6.28. The van der Waals surface area contributed by atoms with Crippen LogP contribution in [0.25, 0.3) is 10.6 Å². The summed E-state index contributed by atoms with van der Waals surface area (Å²) in [6.07, 6.45) is 3.47. The first-order valence-electron chi connectivity index (χ1n) is 6.51. The molecule has 2 aromatic heterocycles. The number of benzene rings is 1. The average Bonchev–Trinajstić information content (AvgIpc) is 3.08. The largest absolute Gasteiger partial charge is 0.346 e. The van der Waals surface area contributed by atoms with E-state index in [4.69, 9.17) is 0 Å². The molecule has 4 nitrogen and oxygen atoms in total. The van der Waals surface area contributed by atoms with Gasteiger partial charge in [0.25, 0.3) is 5.91 Å². The summed E-state index contributed by atoms with van der Waals surface area (Å²) in [5, 5.41) is 5.70. The van der Waals surface area contributed by atoms with E-state index in [9.17, 15) is 4.79 Å². The Morgan fingerprint density at radius 3 is 2.81 bits per heavy atom. The summed E-state index contributed by atoms with van der Waals surface area (Å²) in [5.74, 6) is -0.112. The Balaban J connectivity index is 1.72. The van der Waals surface area contributed by atoms with Gasteiger partial charge >= 0.3 is 0 Å². The first kappa shape index (κ1) is 13.5. The second-order valence-corrected chi connectivity index (χ2v) is 5.32. The van der Waals surface area contributed by atoms with E-state index >= 15 is 0 Å². The predicted molar refractivity (Wildman–Crippen MR) is 83.0 cm³/mol. The maximum absolute atomic E-state index is 12.2. The zero-order valence-corrected chi connectivity index (χ0v) is 12.0. The highest BCUT2D eigenvalue weighted by Crippen LogP contribution is 2.22. The number of nitrogens with one attached hydrogen (secondary N) is 1. The lowest BCUT2D eigenvalue weighted by molar-refractivity contribution is 0.0950. The second-order valence-electron chi connectivity index (χ2n) is 4.42. The Morgan fingerprint density at radius 2 is 2.05 bits per heavy atom. The Bertz CT molecular complexity index is 726. The lowest BCUT2D eigenvalue weighted by Gasteiger charge is -2.06. The van der Waals surface area contributed by atoms with Crippen LogP contribution < -0.4 is 5.32 Å². The van der Waals surface area contributed by atoms with Gasteiger partial charge in [-0.15, -0.1) is 11.3 Å². The molecule has 3 aromatic rings. The smallest absolute Gasteiger partial charge is 0.251 e. The highest BCUT2D eigenvalue weighted by atomic mass is 32.1. The van der Waals surface area contributed by atoms with E-state index in [-0.39, 0.29) is 5.91 Å². The number of nitrogens with zero attached hydrogens (tertiary/aromatic N) is 2. The summed E-state index contributed by atoms with van der Waals surface area (Å²) in [5.41, 5.74) is 2.41. The fourth-order valence-electron chi connectivity index (χ4n) is 1.94. The molecule has 0 unspecified atom stereocenters.